The van der Waals surface area contributed by atoms with Crippen molar-refractivity contribution in [3.63, 3.8) is 0 Å². The average molecular weight is 373 g/mol. The maximum Gasteiger partial charge on any atom is 0.272 e. The van der Waals surface area contributed by atoms with Gasteiger partial charge in [0.05, 0.1) is 45.8 Å². The second kappa shape index (κ2) is 8.37. The van der Waals surface area contributed by atoms with E-state index in [1.54, 1.807) is 12.3 Å². The number of aromatic nitrogens is 2. The molecular weight excluding hydrogens is 350 g/mol. The Balaban J connectivity index is 1.41. The Morgan fingerprint density at radius 3 is 2.88 bits per heavy atom. The van der Waals surface area contributed by atoms with E-state index in [-0.39, 0.29) is 11.9 Å². The van der Waals surface area contributed by atoms with Crippen molar-refractivity contribution in [1.82, 2.24) is 9.97 Å². The fourth-order valence-corrected chi connectivity index (χ4v) is 3.34. The summed E-state index contributed by atoms with van der Waals surface area (Å²) in [6.07, 6.45) is 1.58. The molecule has 0 bridgehead atoms. The van der Waals surface area contributed by atoms with Crippen molar-refractivity contribution in [2.45, 2.75) is 11.9 Å². The van der Waals surface area contributed by atoms with Gasteiger partial charge in [0.25, 0.3) is 10.1 Å². The number of ether oxygens (including phenoxy) is 3. The van der Waals surface area contributed by atoms with Gasteiger partial charge in [-0.15, -0.1) is 0 Å². The van der Waals surface area contributed by atoms with E-state index >= 15 is 0 Å². The van der Waals surface area contributed by atoms with Gasteiger partial charge in [-0.1, -0.05) is 0 Å². The Bertz CT molecular complexity index is 659. The molecule has 0 aliphatic carbocycles. The van der Waals surface area contributed by atoms with Crippen LogP contribution in [0.3, 0.4) is 0 Å². The minimum Gasteiger partial charge on any atom is -0.378 e. The molecule has 2 aliphatic rings. The third-order valence-electron chi connectivity index (χ3n) is 4.06. The molecule has 140 valence electrons. The molecule has 0 N–H and O–H groups in total. The second-order valence-corrected chi connectivity index (χ2v) is 7.83. The van der Waals surface area contributed by atoms with Crippen LogP contribution in [0.4, 0.5) is 5.95 Å². The quantitative estimate of drug-likeness (QED) is 0.574. The van der Waals surface area contributed by atoms with E-state index in [2.05, 4.69) is 14.2 Å². The molecule has 10 heteroatoms. The molecule has 2 fully saturated rings. The average Bonchev–Trinajstić information content (AvgIpc) is 2.57. The lowest BCUT2D eigenvalue weighted by atomic mass is 10.0. The van der Waals surface area contributed by atoms with Gasteiger partial charge in [0.2, 0.25) is 5.95 Å². The lowest BCUT2D eigenvalue weighted by molar-refractivity contribution is -0.118. The summed E-state index contributed by atoms with van der Waals surface area (Å²) in [4.78, 5) is 10.5. The Morgan fingerprint density at radius 1 is 1.32 bits per heavy atom. The predicted octanol–water partition coefficient (Wildman–Crippen LogP) is -0.179. The fraction of sp³-hybridized carbons (Fsp3) is 0.733. The van der Waals surface area contributed by atoms with E-state index in [0.717, 1.165) is 20.2 Å². The summed E-state index contributed by atoms with van der Waals surface area (Å²) in [6.45, 7) is 4.61. The SMILES string of the molecule is COS(=O)(=O)Cc1ccnc(N2CC(COC[C@H]3COCCO3)C2)n1. The Labute approximate surface area is 147 Å². The third kappa shape index (κ3) is 5.32. The normalized spacial score (nSPS) is 22.0. The van der Waals surface area contributed by atoms with E-state index < -0.39 is 10.1 Å². The first kappa shape index (κ1) is 18.5. The smallest absolute Gasteiger partial charge is 0.272 e. The minimum atomic E-state index is -3.59. The summed E-state index contributed by atoms with van der Waals surface area (Å²) in [5.41, 5.74) is 0.418. The van der Waals surface area contributed by atoms with Crippen LogP contribution < -0.4 is 4.90 Å². The van der Waals surface area contributed by atoms with Crippen LogP contribution in [0, 0.1) is 5.92 Å². The highest BCUT2D eigenvalue weighted by Gasteiger charge is 2.29. The van der Waals surface area contributed by atoms with E-state index in [1.807, 2.05) is 4.90 Å². The molecule has 0 unspecified atom stereocenters. The molecule has 9 nitrogen and oxygen atoms in total. The van der Waals surface area contributed by atoms with E-state index in [4.69, 9.17) is 14.2 Å². The molecule has 25 heavy (non-hydrogen) atoms. The van der Waals surface area contributed by atoms with E-state index in [9.17, 15) is 8.42 Å². The van der Waals surface area contributed by atoms with Crippen molar-refractivity contribution in [3.05, 3.63) is 18.0 Å². The second-order valence-electron chi connectivity index (χ2n) is 6.09. The summed E-state index contributed by atoms with van der Waals surface area (Å²) in [5.74, 6) is 0.673. The van der Waals surface area contributed by atoms with Crippen LogP contribution in [0.2, 0.25) is 0 Å². The summed E-state index contributed by atoms with van der Waals surface area (Å²) >= 11 is 0. The van der Waals surface area contributed by atoms with Gasteiger partial charge in [-0.05, 0) is 6.07 Å². The van der Waals surface area contributed by atoms with E-state index in [1.165, 1.54) is 0 Å². The van der Waals surface area contributed by atoms with Crippen molar-refractivity contribution < 1.29 is 26.8 Å². The van der Waals surface area contributed by atoms with Gasteiger partial charge in [0, 0.05) is 25.2 Å². The highest BCUT2D eigenvalue weighted by molar-refractivity contribution is 7.85. The molecule has 1 aromatic heterocycles. The van der Waals surface area contributed by atoms with Crippen LogP contribution in [0.15, 0.2) is 12.3 Å². The molecule has 2 saturated heterocycles. The van der Waals surface area contributed by atoms with Crippen LogP contribution in [-0.4, -0.2) is 77.7 Å². The Hall–Kier alpha value is -1.33. The summed E-state index contributed by atoms with van der Waals surface area (Å²) in [7, 11) is -2.45. The van der Waals surface area contributed by atoms with Gasteiger partial charge in [0.1, 0.15) is 11.9 Å². The molecule has 0 spiro atoms. The highest BCUT2D eigenvalue weighted by Crippen LogP contribution is 2.22. The molecule has 0 radical (unpaired) electrons. The molecule has 0 saturated carbocycles. The molecule has 1 atom stereocenters. The zero-order chi connectivity index (χ0) is 17.7. The van der Waals surface area contributed by atoms with Gasteiger partial charge in [0.15, 0.2) is 0 Å². The van der Waals surface area contributed by atoms with Crippen LogP contribution >= 0.6 is 0 Å². The molecule has 2 aliphatic heterocycles. The zero-order valence-electron chi connectivity index (χ0n) is 14.2. The number of hydrogen-bond acceptors (Lipinski definition) is 9. The van der Waals surface area contributed by atoms with Crippen molar-refractivity contribution in [2.24, 2.45) is 5.92 Å². The Morgan fingerprint density at radius 2 is 2.16 bits per heavy atom. The lowest BCUT2D eigenvalue weighted by Crippen LogP contribution is -2.50. The van der Waals surface area contributed by atoms with Crippen molar-refractivity contribution in [3.8, 4) is 0 Å². The molecule has 1 aromatic rings. The fourth-order valence-electron chi connectivity index (χ4n) is 2.69. The molecule has 3 rings (SSSR count). The summed E-state index contributed by atoms with van der Waals surface area (Å²) in [5, 5.41) is 0. The van der Waals surface area contributed by atoms with Gasteiger partial charge < -0.3 is 19.1 Å². The Kier molecular flexibility index (Phi) is 6.18. The summed E-state index contributed by atoms with van der Waals surface area (Å²) < 4.78 is 44.0. The van der Waals surface area contributed by atoms with Gasteiger partial charge in [-0.3, -0.25) is 4.18 Å². The van der Waals surface area contributed by atoms with Gasteiger partial charge >= 0.3 is 0 Å². The minimum absolute atomic E-state index is 0.0210. The number of anilines is 1. The van der Waals surface area contributed by atoms with Crippen LogP contribution in [0.5, 0.6) is 0 Å². The van der Waals surface area contributed by atoms with E-state index in [0.29, 0.717) is 50.6 Å². The van der Waals surface area contributed by atoms with Crippen molar-refractivity contribution in [2.75, 3.05) is 58.1 Å². The first-order valence-corrected chi connectivity index (χ1v) is 9.76. The maximum atomic E-state index is 11.5. The maximum absolute atomic E-state index is 11.5. The van der Waals surface area contributed by atoms with Crippen molar-refractivity contribution in [1.29, 1.82) is 0 Å². The summed E-state index contributed by atoms with van der Waals surface area (Å²) in [6, 6.07) is 1.58. The zero-order valence-corrected chi connectivity index (χ0v) is 15.0. The number of rotatable bonds is 8. The number of nitrogens with zero attached hydrogens (tertiary/aromatic N) is 3. The number of hydrogen-bond donors (Lipinski definition) is 0. The molecule has 0 aromatic carbocycles. The predicted molar refractivity (Wildman–Crippen MR) is 88.7 cm³/mol. The lowest BCUT2D eigenvalue weighted by Gasteiger charge is -2.39. The largest absolute Gasteiger partial charge is 0.378 e. The molecular formula is C15H23N3O6S. The molecule has 0 amide bonds. The first-order chi connectivity index (χ1) is 12.1. The molecule has 3 heterocycles. The third-order valence-corrected chi connectivity index (χ3v) is 5.22. The topological polar surface area (TPSA) is 100 Å². The van der Waals surface area contributed by atoms with Gasteiger partial charge in [-0.2, -0.15) is 8.42 Å². The van der Waals surface area contributed by atoms with Crippen molar-refractivity contribution >= 4 is 16.1 Å². The first-order valence-electron chi connectivity index (χ1n) is 8.18. The van der Waals surface area contributed by atoms with Crippen LogP contribution in [0.1, 0.15) is 5.69 Å². The van der Waals surface area contributed by atoms with Crippen LogP contribution in [-0.2, 0) is 34.3 Å². The van der Waals surface area contributed by atoms with Crippen LogP contribution in [0.25, 0.3) is 0 Å². The monoisotopic (exact) mass is 373 g/mol. The van der Waals surface area contributed by atoms with Gasteiger partial charge in [-0.25, -0.2) is 9.97 Å². The standard InChI is InChI=1S/C15H23N3O6S/c1-21-25(19,20)11-13-2-3-16-15(17-13)18-6-12(7-18)8-23-10-14-9-22-4-5-24-14/h2-3,12,14H,4-11H2,1H3/t14-/m1/s1. The highest BCUT2D eigenvalue weighted by atomic mass is 32.2.